The second-order valence-corrected chi connectivity index (χ2v) is 13.2. The van der Waals surface area contributed by atoms with E-state index in [9.17, 15) is 9.90 Å². The lowest BCUT2D eigenvalue weighted by Gasteiger charge is -2.41. The van der Waals surface area contributed by atoms with Crippen molar-refractivity contribution in [3.05, 3.63) is 78.0 Å². The minimum Gasteiger partial charge on any atom is -0.507 e. The van der Waals surface area contributed by atoms with Crippen LogP contribution in [0, 0.1) is 13.8 Å². The van der Waals surface area contributed by atoms with Crippen molar-refractivity contribution in [2.75, 3.05) is 31.2 Å². The highest BCUT2D eigenvalue weighted by molar-refractivity contribution is 5.81. The molecule has 3 heterocycles. The molecule has 4 aromatic rings. The number of nitrogens with zero attached hydrogens (tertiary/aromatic N) is 4. The van der Waals surface area contributed by atoms with Gasteiger partial charge in [0.05, 0.1) is 35.7 Å². The van der Waals surface area contributed by atoms with E-state index in [1.165, 1.54) is 0 Å². The van der Waals surface area contributed by atoms with Gasteiger partial charge in [0.15, 0.2) is 11.8 Å². The molecule has 0 spiro atoms. The van der Waals surface area contributed by atoms with Gasteiger partial charge in [-0.3, -0.25) is 0 Å². The maximum absolute atomic E-state index is 13.5. The van der Waals surface area contributed by atoms with Gasteiger partial charge in [-0.05, 0) is 84.6 Å². The largest absolute Gasteiger partial charge is 0.507 e. The van der Waals surface area contributed by atoms with E-state index < -0.39 is 17.7 Å². The fraction of sp³-hybridized carbons (Fsp3) is 0.432. The number of aromatic hydroxyl groups is 1. The Labute approximate surface area is 271 Å². The molecule has 1 aliphatic rings. The minimum absolute atomic E-state index is 0.231. The van der Waals surface area contributed by atoms with Gasteiger partial charge in [0.1, 0.15) is 11.6 Å². The van der Waals surface area contributed by atoms with Crippen molar-refractivity contribution in [1.29, 1.82) is 0 Å². The molecule has 9 heteroatoms. The number of anilines is 1. The highest BCUT2D eigenvalue weighted by atomic mass is 16.6. The third-order valence-corrected chi connectivity index (χ3v) is 8.33. The fourth-order valence-electron chi connectivity index (χ4n) is 5.99. The van der Waals surface area contributed by atoms with E-state index in [-0.39, 0.29) is 18.0 Å². The van der Waals surface area contributed by atoms with E-state index in [0.29, 0.717) is 36.6 Å². The molecular formula is C37H46N4O5. The monoisotopic (exact) mass is 626 g/mol. The van der Waals surface area contributed by atoms with E-state index in [1.807, 2.05) is 81.6 Å². The Morgan fingerprint density at radius 1 is 1.11 bits per heavy atom. The van der Waals surface area contributed by atoms with Gasteiger partial charge in [0.2, 0.25) is 0 Å². The Morgan fingerprint density at radius 2 is 1.83 bits per heavy atom. The summed E-state index contributed by atoms with van der Waals surface area (Å²) in [7, 11) is 0. The molecule has 0 saturated carbocycles. The summed E-state index contributed by atoms with van der Waals surface area (Å²) in [5, 5.41) is 15.8. The lowest BCUT2D eigenvalue weighted by molar-refractivity contribution is -0.166. The Morgan fingerprint density at radius 3 is 2.48 bits per heavy atom. The first-order chi connectivity index (χ1) is 21.8. The molecule has 0 amide bonds. The standard InChI is InChI=1S/C37H46N4O5/c1-9-20-45-37(8)16-18-40(19-17-37)34-32(33(35(43)44-10-2)46-36(5,6)7)25(4)38-31-23-29(39-41(31)34)27-13-11-12-26(22-27)28-15-14-24(3)21-30(28)42/h9,11-15,21-23,33,42H,1,10,16-20H2,2-8H3/t33-/m0/s1. The Bertz CT molecular complexity index is 1730. The van der Waals surface area contributed by atoms with Crippen molar-refractivity contribution in [1.82, 2.24) is 14.6 Å². The number of hydrogen-bond acceptors (Lipinski definition) is 8. The van der Waals surface area contributed by atoms with Crippen molar-refractivity contribution in [2.45, 2.75) is 78.6 Å². The van der Waals surface area contributed by atoms with Crippen LogP contribution in [0.5, 0.6) is 5.75 Å². The van der Waals surface area contributed by atoms with Crippen LogP contribution in [-0.2, 0) is 19.0 Å². The first-order valence-electron chi connectivity index (χ1n) is 16.0. The van der Waals surface area contributed by atoms with E-state index in [1.54, 1.807) is 19.1 Å². The second-order valence-electron chi connectivity index (χ2n) is 13.2. The summed E-state index contributed by atoms with van der Waals surface area (Å²) in [6.45, 7) is 19.5. The molecule has 2 aromatic carbocycles. The topological polar surface area (TPSA) is 98.4 Å². The van der Waals surface area contributed by atoms with Crippen LogP contribution >= 0.6 is 0 Å². The summed E-state index contributed by atoms with van der Waals surface area (Å²) in [5.41, 5.74) is 5.28. The average Bonchev–Trinajstić information content (AvgIpc) is 3.42. The lowest BCUT2D eigenvalue weighted by Crippen LogP contribution is -2.45. The molecule has 1 aliphatic heterocycles. The average molecular weight is 627 g/mol. The minimum atomic E-state index is -1.00. The number of aryl methyl sites for hydroxylation is 2. The van der Waals surface area contributed by atoms with E-state index in [4.69, 9.17) is 24.3 Å². The number of phenols is 1. The Balaban J connectivity index is 1.66. The number of carbonyl (C=O) groups is 1. The normalized spacial score (nSPS) is 15.6. The van der Waals surface area contributed by atoms with Crippen LogP contribution in [0.2, 0.25) is 0 Å². The summed E-state index contributed by atoms with van der Waals surface area (Å²) in [4.78, 5) is 20.8. The summed E-state index contributed by atoms with van der Waals surface area (Å²) >= 11 is 0. The summed E-state index contributed by atoms with van der Waals surface area (Å²) < 4.78 is 20.0. The zero-order valence-electron chi connectivity index (χ0n) is 28.1. The number of rotatable bonds is 10. The Kier molecular flexibility index (Phi) is 9.56. The summed E-state index contributed by atoms with van der Waals surface area (Å²) in [6, 6.07) is 15.6. The van der Waals surface area contributed by atoms with Crippen LogP contribution in [0.3, 0.4) is 0 Å². The van der Waals surface area contributed by atoms with Gasteiger partial charge in [0, 0.05) is 36.0 Å². The molecule has 1 fully saturated rings. The van der Waals surface area contributed by atoms with Crippen LogP contribution in [0.15, 0.2) is 61.2 Å². The van der Waals surface area contributed by atoms with Gasteiger partial charge >= 0.3 is 5.97 Å². The smallest absolute Gasteiger partial charge is 0.340 e. The van der Waals surface area contributed by atoms with Gasteiger partial charge in [-0.25, -0.2) is 9.78 Å². The highest BCUT2D eigenvalue weighted by Crippen LogP contribution is 2.39. The number of fused-ring (bicyclic) bond motifs is 1. The van der Waals surface area contributed by atoms with Crippen LogP contribution in [0.4, 0.5) is 5.82 Å². The van der Waals surface area contributed by atoms with Gasteiger partial charge in [-0.1, -0.05) is 36.4 Å². The summed E-state index contributed by atoms with van der Waals surface area (Å²) in [6.07, 6.45) is 2.34. The lowest BCUT2D eigenvalue weighted by atomic mass is 9.92. The molecule has 0 bridgehead atoms. The first kappa shape index (κ1) is 33.2. The number of ether oxygens (including phenoxy) is 3. The van der Waals surface area contributed by atoms with Crippen molar-refractivity contribution in [2.24, 2.45) is 0 Å². The third-order valence-electron chi connectivity index (χ3n) is 8.33. The van der Waals surface area contributed by atoms with E-state index in [0.717, 1.165) is 46.6 Å². The second kappa shape index (κ2) is 13.3. The van der Waals surface area contributed by atoms with Crippen LogP contribution in [0.25, 0.3) is 28.0 Å². The number of carbonyl (C=O) groups excluding carboxylic acids is 1. The molecule has 0 radical (unpaired) electrons. The van der Waals surface area contributed by atoms with Gasteiger partial charge in [0.25, 0.3) is 0 Å². The first-order valence-corrected chi connectivity index (χ1v) is 16.0. The number of aromatic nitrogens is 3. The molecule has 5 rings (SSSR count). The SMILES string of the molecule is C=CCOC1(C)CCN(c2c([C@H](OC(C)(C)C)C(=O)OCC)c(C)nc3cc(-c4cccc(-c5ccc(C)cc5O)c4)nn23)CC1. The molecule has 0 aliphatic carbocycles. The molecule has 1 N–H and O–H groups in total. The number of esters is 1. The number of hydrogen-bond donors (Lipinski definition) is 1. The van der Waals surface area contributed by atoms with Crippen molar-refractivity contribution >= 4 is 17.4 Å². The number of benzene rings is 2. The molecule has 9 nitrogen and oxygen atoms in total. The molecule has 244 valence electrons. The van der Waals surface area contributed by atoms with Crippen LogP contribution in [-0.4, -0.2) is 63.2 Å². The zero-order valence-corrected chi connectivity index (χ0v) is 28.1. The van der Waals surface area contributed by atoms with Crippen molar-refractivity contribution < 1.29 is 24.1 Å². The highest BCUT2D eigenvalue weighted by Gasteiger charge is 2.38. The van der Waals surface area contributed by atoms with Crippen LogP contribution in [0.1, 0.15) is 70.4 Å². The van der Waals surface area contributed by atoms with Gasteiger partial charge in [-0.15, -0.1) is 6.58 Å². The number of piperidine rings is 1. The molecule has 2 aromatic heterocycles. The number of phenolic OH excluding ortho intramolecular Hbond substituents is 1. The van der Waals surface area contributed by atoms with Crippen molar-refractivity contribution in [3.63, 3.8) is 0 Å². The van der Waals surface area contributed by atoms with Gasteiger partial charge < -0.3 is 24.2 Å². The molecular weight excluding hydrogens is 580 g/mol. The summed E-state index contributed by atoms with van der Waals surface area (Å²) in [5.74, 6) is 0.528. The van der Waals surface area contributed by atoms with Gasteiger partial charge in [-0.2, -0.15) is 9.61 Å². The quantitative estimate of drug-likeness (QED) is 0.144. The van der Waals surface area contributed by atoms with Crippen LogP contribution < -0.4 is 4.90 Å². The fourth-order valence-corrected chi connectivity index (χ4v) is 5.99. The molecule has 1 atom stereocenters. The third kappa shape index (κ3) is 7.11. The van der Waals surface area contributed by atoms with E-state index >= 15 is 0 Å². The molecule has 1 saturated heterocycles. The van der Waals surface area contributed by atoms with E-state index in [2.05, 4.69) is 18.4 Å². The maximum atomic E-state index is 13.5. The zero-order chi connectivity index (χ0) is 33.2. The predicted octanol–water partition coefficient (Wildman–Crippen LogP) is 7.37. The van der Waals surface area contributed by atoms with Crippen molar-refractivity contribution in [3.8, 4) is 28.1 Å². The Hall–Kier alpha value is -4.21. The molecule has 0 unspecified atom stereocenters. The predicted molar refractivity (Wildman–Crippen MR) is 181 cm³/mol. The molecule has 46 heavy (non-hydrogen) atoms. The maximum Gasteiger partial charge on any atom is 0.340 e.